The molecule has 0 bridgehead atoms. The summed E-state index contributed by atoms with van der Waals surface area (Å²) in [5.41, 5.74) is 2.16. The highest BCUT2D eigenvalue weighted by molar-refractivity contribution is 9.10. The maximum atomic E-state index is 12.5. The van der Waals surface area contributed by atoms with E-state index in [-0.39, 0.29) is 17.7 Å². The highest BCUT2D eigenvalue weighted by Gasteiger charge is 2.29. The fraction of sp³-hybridized carbons (Fsp3) is 0.467. The minimum absolute atomic E-state index is 0.0987. The number of hydrazine groups is 1. The molecular formula is C15H19BrClN3O3. The Bertz CT molecular complexity index is 591. The Morgan fingerprint density at radius 3 is 2.65 bits per heavy atom. The summed E-state index contributed by atoms with van der Waals surface area (Å²) in [5, 5.41) is 0.587. The van der Waals surface area contributed by atoms with Crippen molar-refractivity contribution in [1.82, 2.24) is 10.3 Å². The van der Waals surface area contributed by atoms with Crippen LogP contribution in [0.15, 0.2) is 22.7 Å². The lowest BCUT2D eigenvalue weighted by Gasteiger charge is -2.32. The van der Waals surface area contributed by atoms with Gasteiger partial charge in [-0.15, -0.1) is 0 Å². The molecule has 8 heteroatoms. The number of rotatable bonds is 4. The summed E-state index contributed by atoms with van der Waals surface area (Å²) in [4.78, 5) is 25.7. The molecule has 1 aliphatic heterocycles. The van der Waals surface area contributed by atoms with E-state index in [0.717, 1.165) is 0 Å². The second-order valence-electron chi connectivity index (χ2n) is 5.44. The molecule has 1 unspecified atom stereocenters. The summed E-state index contributed by atoms with van der Waals surface area (Å²) in [6.45, 7) is 2.75. The highest BCUT2D eigenvalue weighted by atomic mass is 79.9. The standard InChI is InChI=1S/C15H19BrClN3O3/c1-9(23-13-3-2-11(17)8-12(13)16)15(22)20-6-4-10(5-7-20)14(21)19-18/h2-3,8-10H,4-7,18H2,1H3,(H,19,21). The van der Waals surface area contributed by atoms with Crippen LogP contribution in [-0.2, 0) is 9.59 Å². The van der Waals surface area contributed by atoms with E-state index in [4.69, 9.17) is 22.2 Å². The number of hydrogen-bond acceptors (Lipinski definition) is 4. The molecule has 3 N–H and O–H groups in total. The number of piperidine rings is 1. The summed E-state index contributed by atoms with van der Waals surface area (Å²) in [5.74, 6) is 5.30. The third-order valence-corrected chi connectivity index (χ3v) is 4.72. The smallest absolute Gasteiger partial charge is 0.263 e. The SMILES string of the molecule is CC(Oc1ccc(Cl)cc1Br)C(=O)N1CCC(C(=O)NN)CC1. The van der Waals surface area contributed by atoms with Crippen molar-refractivity contribution < 1.29 is 14.3 Å². The van der Waals surface area contributed by atoms with Gasteiger partial charge in [0.15, 0.2) is 6.10 Å². The highest BCUT2D eigenvalue weighted by Crippen LogP contribution is 2.29. The molecule has 6 nitrogen and oxygen atoms in total. The topological polar surface area (TPSA) is 84.7 Å². The molecule has 0 radical (unpaired) electrons. The van der Waals surface area contributed by atoms with E-state index in [1.807, 2.05) is 0 Å². The van der Waals surface area contributed by atoms with Gasteiger partial charge >= 0.3 is 0 Å². The van der Waals surface area contributed by atoms with E-state index in [9.17, 15) is 9.59 Å². The van der Waals surface area contributed by atoms with Crippen LogP contribution < -0.4 is 16.0 Å². The average Bonchev–Trinajstić information content (AvgIpc) is 2.56. The number of carbonyl (C=O) groups excluding carboxylic acids is 2. The molecular weight excluding hydrogens is 386 g/mol. The molecule has 1 aromatic rings. The normalized spacial score (nSPS) is 16.8. The first kappa shape index (κ1) is 18.0. The quantitative estimate of drug-likeness (QED) is 0.457. The summed E-state index contributed by atoms with van der Waals surface area (Å²) < 4.78 is 6.41. The van der Waals surface area contributed by atoms with Gasteiger partial charge in [0.25, 0.3) is 5.91 Å². The van der Waals surface area contributed by atoms with Gasteiger partial charge in [0, 0.05) is 24.0 Å². The Hall–Kier alpha value is -1.31. The van der Waals surface area contributed by atoms with Crippen LogP contribution in [0.25, 0.3) is 0 Å². The first-order valence-electron chi connectivity index (χ1n) is 7.33. The summed E-state index contributed by atoms with van der Waals surface area (Å²) in [6, 6.07) is 5.13. The van der Waals surface area contributed by atoms with Crippen LogP contribution in [-0.4, -0.2) is 35.9 Å². The summed E-state index contributed by atoms with van der Waals surface area (Å²) in [6.07, 6.45) is 0.588. The van der Waals surface area contributed by atoms with Crippen molar-refractivity contribution in [2.24, 2.45) is 11.8 Å². The van der Waals surface area contributed by atoms with Crippen molar-refractivity contribution in [2.75, 3.05) is 13.1 Å². The van der Waals surface area contributed by atoms with E-state index in [1.54, 1.807) is 30.0 Å². The average molecular weight is 405 g/mol. The summed E-state index contributed by atoms with van der Waals surface area (Å²) >= 11 is 9.25. The zero-order valence-corrected chi connectivity index (χ0v) is 15.1. The number of nitrogens with zero attached hydrogens (tertiary/aromatic N) is 1. The van der Waals surface area contributed by atoms with Crippen LogP contribution in [0, 0.1) is 5.92 Å². The zero-order valence-electron chi connectivity index (χ0n) is 12.7. The van der Waals surface area contributed by atoms with Gasteiger partial charge in [-0.2, -0.15) is 0 Å². The summed E-state index contributed by atoms with van der Waals surface area (Å²) in [7, 11) is 0. The number of ether oxygens (including phenoxy) is 1. The van der Waals surface area contributed by atoms with Crippen LogP contribution >= 0.6 is 27.5 Å². The maximum Gasteiger partial charge on any atom is 0.263 e. The van der Waals surface area contributed by atoms with E-state index >= 15 is 0 Å². The monoisotopic (exact) mass is 403 g/mol. The van der Waals surface area contributed by atoms with Crippen molar-refractivity contribution in [1.29, 1.82) is 0 Å². The first-order chi connectivity index (χ1) is 10.9. The third kappa shape index (κ3) is 4.59. The largest absolute Gasteiger partial charge is 0.480 e. The van der Waals surface area contributed by atoms with Gasteiger partial charge in [-0.25, -0.2) is 5.84 Å². The van der Waals surface area contributed by atoms with Crippen molar-refractivity contribution in [3.63, 3.8) is 0 Å². The van der Waals surface area contributed by atoms with Crippen molar-refractivity contribution >= 4 is 39.3 Å². The minimum Gasteiger partial charge on any atom is -0.480 e. The van der Waals surface area contributed by atoms with Gasteiger partial charge in [-0.1, -0.05) is 11.6 Å². The first-order valence-corrected chi connectivity index (χ1v) is 8.50. The molecule has 0 aliphatic carbocycles. The number of benzene rings is 1. The molecule has 1 heterocycles. The minimum atomic E-state index is -0.618. The number of amides is 2. The van der Waals surface area contributed by atoms with Crippen LogP contribution in [0.3, 0.4) is 0 Å². The number of halogens is 2. The molecule has 23 heavy (non-hydrogen) atoms. The van der Waals surface area contributed by atoms with Crippen LogP contribution in [0.2, 0.25) is 5.02 Å². The third-order valence-electron chi connectivity index (χ3n) is 3.87. The number of nitrogens with one attached hydrogen (secondary N) is 1. The maximum absolute atomic E-state index is 12.5. The Balaban J connectivity index is 1.92. The fourth-order valence-corrected chi connectivity index (χ4v) is 3.32. The number of carbonyl (C=O) groups is 2. The van der Waals surface area contributed by atoms with Gasteiger partial charge in [-0.3, -0.25) is 15.0 Å². The Labute approximate surface area is 148 Å². The van der Waals surface area contributed by atoms with E-state index < -0.39 is 6.10 Å². The number of hydrogen-bond donors (Lipinski definition) is 2. The lowest BCUT2D eigenvalue weighted by atomic mass is 9.96. The van der Waals surface area contributed by atoms with Crippen LogP contribution in [0.1, 0.15) is 19.8 Å². The van der Waals surface area contributed by atoms with Gasteiger partial charge < -0.3 is 9.64 Å². The van der Waals surface area contributed by atoms with E-state index in [2.05, 4.69) is 21.4 Å². The predicted octanol–water partition coefficient (Wildman–Crippen LogP) is 2.10. The molecule has 1 saturated heterocycles. The predicted molar refractivity (Wildman–Crippen MR) is 90.9 cm³/mol. The van der Waals surface area contributed by atoms with Gasteiger partial charge in [0.05, 0.1) is 4.47 Å². The molecule has 0 spiro atoms. The lowest BCUT2D eigenvalue weighted by molar-refractivity contribution is -0.141. The molecule has 1 atom stereocenters. The molecule has 2 amide bonds. The Morgan fingerprint density at radius 1 is 1.43 bits per heavy atom. The van der Waals surface area contributed by atoms with Crippen molar-refractivity contribution in [3.05, 3.63) is 27.7 Å². The van der Waals surface area contributed by atoms with Gasteiger partial charge in [0.2, 0.25) is 5.91 Å². The lowest BCUT2D eigenvalue weighted by Crippen LogP contribution is -2.47. The molecule has 2 rings (SSSR count). The zero-order chi connectivity index (χ0) is 17.0. The molecule has 0 aromatic heterocycles. The van der Waals surface area contributed by atoms with Crippen molar-refractivity contribution in [3.8, 4) is 5.75 Å². The Morgan fingerprint density at radius 2 is 2.09 bits per heavy atom. The molecule has 1 aliphatic rings. The molecule has 126 valence electrons. The van der Waals surface area contributed by atoms with Crippen LogP contribution in [0.5, 0.6) is 5.75 Å². The van der Waals surface area contributed by atoms with Gasteiger partial charge in [0.1, 0.15) is 5.75 Å². The van der Waals surface area contributed by atoms with Crippen molar-refractivity contribution in [2.45, 2.75) is 25.9 Å². The fourth-order valence-electron chi connectivity index (χ4n) is 2.55. The molecule has 1 fully saturated rings. The Kier molecular flexibility index (Phi) is 6.26. The van der Waals surface area contributed by atoms with E-state index in [0.29, 0.717) is 41.2 Å². The number of nitrogens with two attached hydrogens (primary N) is 1. The van der Waals surface area contributed by atoms with E-state index in [1.165, 1.54) is 0 Å². The second kappa shape index (κ2) is 7.99. The van der Waals surface area contributed by atoms with Crippen LogP contribution in [0.4, 0.5) is 0 Å². The van der Waals surface area contributed by atoms with Gasteiger partial charge in [-0.05, 0) is 53.9 Å². The number of likely N-dealkylation sites (tertiary alicyclic amines) is 1. The molecule has 1 aromatic carbocycles. The molecule has 0 saturated carbocycles. The second-order valence-corrected chi connectivity index (χ2v) is 6.73.